The lowest BCUT2D eigenvalue weighted by Gasteiger charge is -2.23. The molecule has 0 aromatic heterocycles. The van der Waals surface area contributed by atoms with Crippen molar-refractivity contribution in [2.75, 3.05) is 13.7 Å². The second-order valence-corrected chi connectivity index (χ2v) is 5.39. The maximum absolute atomic E-state index is 10.3. The van der Waals surface area contributed by atoms with Crippen molar-refractivity contribution in [2.45, 2.75) is 37.8 Å². The fraction of sp³-hybridized carbons (Fsp3) is 0.571. The zero-order valence-corrected chi connectivity index (χ0v) is 11.5. The molecule has 0 atom stereocenters. The van der Waals surface area contributed by atoms with Crippen LogP contribution in [0.1, 0.15) is 31.2 Å². The van der Waals surface area contributed by atoms with Crippen molar-refractivity contribution < 1.29 is 9.84 Å². The molecule has 1 aliphatic rings. The van der Waals surface area contributed by atoms with Crippen molar-refractivity contribution in [3.8, 4) is 5.75 Å². The molecule has 1 aromatic rings. The Morgan fingerprint density at radius 1 is 1.39 bits per heavy atom. The molecule has 0 heterocycles. The monoisotopic (exact) mass is 269 g/mol. The van der Waals surface area contributed by atoms with E-state index >= 15 is 0 Å². The maximum atomic E-state index is 10.3. The molecule has 3 nitrogen and oxygen atoms in total. The molecule has 2 N–H and O–H groups in total. The van der Waals surface area contributed by atoms with Gasteiger partial charge in [0.15, 0.2) is 0 Å². The van der Waals surface area contributed by atoms with Gasteiger partial charge in [0.25, 0.3) is 0 Å². The normalized spacial score (nSPS) is 17.9. The van der Waals surface area contributed by atoms with Crippen LogP contribution in [-0.2, 0) is 6.54 Å². The second kappa shape index (κ2) is 5.91. The Bertz CT molecular complexity index is 403. The summed E-state index contributed by atoms with van der Waals surface area (Å²) < 4.78 is 5.79. The van der Waals surface area contributed by atoms with Crippen LogP contribution in [0, 0.1) is 0 Å². The van der Waals surface area contributed by atoms with Gasteiger partial charge in [-0.05, 0) is 26.0 Å². The number of halogens is 1. The van der Waals surface area contributed by atoms with Crippen molar-refractivity contribution in [1.29, 1.82) is 0 Å². The van der Waals surface area contributed by atoms with Crippen LogP contribution in [0.3, 0.4) is 0 Å². The number of aliphatic hydroxyl groups is 1. The molecule has 1 aromatic carbocycles. The van der Waals surface area contributed by atoms with Crippen molar-refractivity contribution in [1.82, 2.24) is 5.32 Å². The van der Waals surface area contributed by atoms with Crippen molar-refractivity contribution >= 4 is 11.6 Å². The Morgan fingerprint density at radius 3 is 2.78 bits per heavy atom. The molecule has 4 heteroatoms. The minimum Gasteiger partial charge on any atom is -0.489 e. The fourth-order valence-electron chi connectivity index (χ4n) is 2.43. The lowest BCUT2D eigenvalue weighted by Crippen LogP contribution is -2.32. The van der Waals surface area contributed by atoms with Crippen molar-refractivity contribution in [2.24, 2.45) is 0 Å². The maximum Gasteiger partial charge on any atom is 0.142 e. The Hall–Kier alpha value is -0.770. The average Bonchev–Trinajstić information content (AvgIpc) is 2.76. The molecule has 0 spiro atoms. The molecule has 0 unspecified atom stereocenters. The summed E-state index contributed by atoms with van der Waals surface area (Å²) >= 11 is 6.16. The second-order valence-electron chi connectivity index (χ2n) is 4.98. The van der Waals surface area contributed by atoms with Crippen LogP contribution >= 0.6 is 11.6 Å². The standard InChI is InChI=1S/C14H20ClNO2/c1-16-9-11-5-4-6-12(15)13(11)18-10-14(17)7-2-3-8-14/h4-6,16-17H,2-3,7-10H2,1H3. The third kappa shape index (κ3) is 3.16. The molecule has 1 saturated carbocycles. The van der Waals surface area contributed by atoms with Gasteiger partial charge in [-0.15, -0.1) is 0 Å². The van der Waals surface area contributed by atoms with E-state index in [-0.39, 0.29) is 0 Å². The Morgan fingerprint density at radius 2 is 2.11 bits per heavy atom. The number of hydrogen-bond acceptors (Lipinski definition) is 3. The lowest BCUT2D eigenvalue weighted by molar-refractivity contribution is 0.00116. The number of para-hydroxylation sites is 1. The number of nitrogens with one attached hydrogen (secondary N) is 1. The van der Waals surface area contributed by atoms with Crippen LogP contribution in [0.4, 0.5) is 0 Å². The van der Waals surface area contributed by atoms with Gasteiger partial charge in [-0.3, -0.25) is 0 Å². The zero-order valence-electron chi connectivity index (χ0n) is 10.7. The molecule has 0 aliphatic heterocycles. The van der Waals surface area contributed by atoms with Crippen LogP contribution in [0.25, 0.3) is 0 Å². The van der Waals surface area contributed by atoms with E-state index in [1.165, 1.54) is 0 Å². The van der Waals surface area contributed by atoms with Gasteiger partial charge in [0, 0.05) is 12.1 Å². The summed E-state index contributed by atoms with van der Waals surface area (Å²) in [6.45, 7) is 1.03. The van der Waals surface area contributed by atoms with Gasteiger partial charge in [-0.25, -0.2) is 0 Å². The van der Waals surface area contributed by atoms with Crippen LogP contribution in [-0.4, -0.2) is 24.4 Å². The van der Waals surface area contributed by atoms with Gasteiger partial charge in [-0.2, -0.15) is 0 Å². The van der Waals surface area contributed by atoms with Gasteiger partial charge >= 0.3 is 0 Å². The summed E-state index contributed by atoms with van der Waals surface area (Å²) in [5, 5.41) is 14.0. The third-order valence-corrected chi connectivity index (χ3v) is 3.73. The van der Waals surface area contributed by atoms with Crippen LogP contribution < -0.4 is 10.1 Å². The first-order chi connectivity index (χ1) is 8.64. The van der Waals surface area contributed by atoms with E-state index < -0.39 is 5.60 Å². The molecular weight excluding hydrogens is 250 g/mol. The molecule has 18 heavy (non-hydrogen) atoms. The largest absolute Gasteiger partial charge is 0.489 e. The highest BCUT2D eigenvalue weighted by atomic mass is 35.5. The average molecular weight is 270 g/mol. The quantitative estimate of drug-likeness (QED) is 0.864. The Kier molecular flexibility index (Phi) is 4.49. The fourth-order valence-corrected chi connectivity index (χ4v) is 2.68. The smallest absolute Gasteiger partial charge is 0.142 e. The first-order valence-electron chi connectivity index (χ1n) is 6.42. The van der Waals surface area contributed by atoms with Gasteiger partial charge < -0.3 is 15.2 Å². The van der Waals surface area contributed by atoms with Crippen molar-refractivity contribution in [3.05, 3.63) is 28.8 Å². The molecular formula is C14H20ClNO2. The van der Waals surface area contributed by atoms with Gasteiger partial charge in [0.05, 0.1) is 10.6 Å². The first kappa shape index (κ1) is 13.7. The first-order valence-corrected chi connectivity index (χ1v) is 6.80. The van der Waals surface area contributed by atoms with E-state index in [9.17, 15) is 5.11 Å². The summed E-state index contributed by atoms with van der Waals surface area (Å²) in [5.41, 5.74) is 0.349. The molecule has 0 radical (unpaired) electrons. The van der Waals surface area contributed by atoms with E-state index in [0.29, 0.717) is 23.9 Å². The lowest BCUT2D eigenvalue weighted by atomic mass is 10.0. The minimum atomic E-state index is -0.671. The van der Waals surface area contributed by atoms with E-state index in [1.54, 1.807) is 0 Å². The molecule has 100 valence electrons. The summed E-state index contributed by atoms with van der Waals surface area (Å²) in [5.74, 6) is 0.689. The van der Waals surface area contributed by atoms with Crippen LogP contribution in [0.5, 0.6) is 5.75 Å². The highest BCUT2D eigenvalue weighted by molar-refractivity contribution is 6.32. The minimum absolute atomic E-state index is 0.327. The van der Waals surface area contributed by atoms with Crippen LogP contribution in [0.15, 0.2) is 18.2 Å². The number of hydrogen-bond donors (Lipinski definition) is 2. The number of rotatable bonds is 5. The third-order valence-electron chi connectivity index (χ3n) is 3.44. The van der Waals surface area contributed by atoms with Crippen LogP contribution in [0.2, 0.25) is 5.02 Å². The number of ether oxygens (including phenoxy) is 1. The highest BCUT2D eigenvalue weighted by Gasteiger charge is 2.32. The predicted molar refractivity (Wildman–Crippen MR) is 73.1 cm³/mol. The summed E-state index contributed by atoms with van der Waals surface area (Å²) in [4.78, 5) is 0. The Balaban J connectivity index is 2.08. The number of benzene rings is 1. The molecule has 1 fully saturated rings. The van der Waals surface area contributed by atoms with Crippen molar-refractivity contribution in [3.63, 3.8) is 0 Å². The molecule has 0 amide bonds. The summed E-state index contributed by atoms with van der Waals surface area (Å²) in [6, 6.07) is 5.71. The highest BCUT2D eigenvalue weighted by Crippen LogP contribution is 2.33. The zero-order chi connectivity index (χ0) is 13.0. The molecule has 0 saturated heterocycles. The van der Waals surface area contributed by atoms with Gasteiger partial charge in [0.1, 0.15) is 12.4 Å². The predicted octanol–water partition coefficient (Wildman–Crippen LogP) is 2.74. The molecule has 0 bridgehead atoms. The molecule has 2 rings (SSSR count). The van der Waals surface area contributed by atoms with Gasteiger partial charge in [-0.1, -0.05) is 36.6 Å². The Labute approximate surface area is 113 Å². The van der Waals surface area contributed by atoms with E-state index in [2.05, 4.69) is 5.32 Å². The van der Waals surface area contributed by atoms with E-state index in [4.69, 9.17) is 16.3 Å². The molecule has 1 aliphatic carbocycles. The van der Waals surface area contributed by atoms with E-state index in [1.807, 2.05) is 25.2 Å². The van der Waals surface area contributed by atoms with Gasteiger partial charge in [0.2, 0.25) is 0 Å². The van der Waals surface area contributed by atoms with E-state index in [0.717, 1.165) is 31.2 Å². The summed E-state index contributed by atoms with van der Waals surface area (Å²) in [7, 11) is 1.88. The SMILES string of the molecule is CNCc1cccc(Cl)c1OCC1(O)CCCC1. The topological polar surface area (TPSA) is 41.5 Å². The summed E-state index contributed by atoms with van der Waals surface area (Å²) in [6.07, 6.45) is 3.79.